The summed E-state index contributed by atoms with van der Waals surface area (Å²) >= 11 is 0. The number of amides is 1. The summed E-state index contributed by atoms with van der Waals surface area (Å²) in [5.41, 5.74) is 0. The topological polar surface area (TPSA) is 145 Å². The van der Waals surface area contributed by atoms with Crippen LogP contribution in [0.15, 0.2) is 0 Å². The fraction of sp³-hybridized carbons (Fsp3) is 0.889. The van der Waals surface area contributed by atoms with Crippen molar-refractivity contribution in [2.45, 2.75) is 31.5 Å². The molecule has 0 unspecified atom stereocenters. The largest absolute Gasteiger partial charge is 0.366 e. The number of carbonyl (C=O) groups is 1. The molecule has 0 saturated carbocycles. The molecule has 10 nitrogen and oxygen atoms in total. The van der Waals surface area contributed by atoms with Gasteiger partial charge in [0.2, 0.25) is 5.91 Å². The zero-order chi connectivity index (χ0) is 16.4. The van der Waals surface area contributed by atoms with Gasteiger partial charge in [-0.15, -0.1) is 0 Å². The van der Waals surface area contributed by atoms with E-state index >= 15 is 0 Å². The summed E-state index contributed by atoms with van der Waals surface area (Å²) in [5.74, 6) is -0.514. The number of rotatable bonds is 5. The van der Waals surface area contributed by atoms with Crippen molar-refractivity contribution >= 4 is 26.1 Å². The predicted octanol–water partition coefficient (Wildman–Crippen LogP) is -2.47. The Morgan fingerprint density at radius 1 is 1.14 bits per heavy atom. The Bertz CT molecular complexity index is 584. The van der Waals surface area contributed by atoms with Crippen LogP contribution in [0.4, 0.5) is 0 Å². The standard InChI is InChI=1S/C9H17NO9S2/c1-5(11)10-6-4-17-9(12)8(19-21(3,15)16)7(6)18-20(2,13)14/h6-9,12H,4H2,1-3H3,(H,10,11)/t6-,7-,8+,9-/m0/s1. The molecule has 1 amide bonds. The Balaban J connectivity index is 3.09. The maximum absolute atomic E-state index is 11.3. The third kappa shape index (κ3) is 6.23. The van der Waals surface area contributed by atoms with Gasteiger partial charge in [0.05, 0.1) is 25.2 Å². The highest BCUT2D eigenvalue weighted by molar-refractivity contribution is 7.86. The lowest BCUT2D eigenvalue weighted by Crippen LogP contribution is -2.61. The summed E-state index contributed by atoms with van der Waals surface area (Å²) in [4.78, 5) is 11.1. The maximum atomic E-state index is 11.3. The van der Waals surface area contributed by atoms with Crippen LogP contribution in [0.5, 0.6) is 0 Å². The third-order valence-electron chi connectivity index (χ3n) is 2.41. The number of aliphatic hydroxyl groups excluding tert-OH is 1. The molecule has 0 aromatic rings. The van der Waals surface area contributed by atoms with Gasteiger partial charge < -0.3 is 15.2 Å². The average molecular weight is 347 g/mol. The fourth-order valence-corrected chi connectivity index (χ4v) is 3.05. The second kappa shape index (κ2) is 6.54. The van der Waals surface area contributed by atoms with Crippen molar-refractivity contribution in [1.82, 2.24) is 5.32 Å². The first-order chi connectivity index (χ1) is 9.39. The van der Waals surface area contributed by atoms with E-state index in [0.29, 0.717) is 0 Å². The molecule has 1 aliphatic heterocycles. The molecule has 21 heavy (non-hydrogen) atoms. The third-order valence-corrected chi connectivity index (χ3v) is 3.55. The van der Waals surface area contributed by atoms with Gasteiger partial charge in [-0.3, -0.25) is 13.2 Å². The molecule has 0 aromatic heterocycles. The first-order valence-corrected chi connectivity index (χ1v) is 9.35. The van der Waals surface area contributed by atoms with Crippen LogP contribution in [0.3, 0.4) is 0 Å². The zero-order valence-corrected chi connectivity index (χ0v) is 13.2. The molecular weight excluding hydrogens is 330 g/mol. The molecule has 1 fully saturated rings. The minimum absolute atomic E-state index is 0.273. The van der Waals surface area contributed by atoms with Crippen molar-refractivity contribution in [2.75, 3.05) is 19.1 Å². The highest BCUT2D eigenvalue weighted by Crippen LogP contribution is 2.23. The minimum Gasteiger partial charge on any atom is -0.366 e. The normalized spacial score (nSPS) is 30.9. The molecule has 1 aliphatic rings. The second-order valence-electron chi connectivity index (χ2n) is 4.56. The van der Waals surface area contributed by atoms with Crippen LogP contribution < -0.4 is 5.32 Å². The van der Waals surface area contributed by atoms with Gasteiger partial charge in [-0.05, 0) is 0 Å². The Labute approximate surface area is 122 Å². The summed E-state index contributed by atoms with van der Waals surface area (Å²) < 4.78 is 59.2. The zero-order valence-electron chi connectivity index (χ0n) is 11.5. The van der Waals surface area contributed by atoms with Crippen LogP contribution in [0.25, 0.3) is 0 Å². The SMILES string of the molecule is CC(=O)N[C@H]1CO[C@H](O)[C@H](OS(C)(=O)=O)[C@H]1OS(C)(=O)=O. The van der Waals surface area contributed by atoms with E-state index in [1.54, 1.807) is 0 Å². The van der Waals surface area contributed by atoms with Crippen LogP contribution in [0.1, 0.15) is 6.92 Å². The summed E-state index contributed by atoms with van der Waals surface area (Å²) in [7, 11) is -8.02. The quantitative estimate of drug-likeness (QED) is 0.517. The highest BCUT2D eigenvalue weighted by atomic mass is 32.2. The molecule has 124 valence electrons. The Hall–Kier alpha value is -0.790. The van der Waals surface area contributed by atoms with Gasteiger partial charge in [0.1, 0.15) is 6.10 Å². The molecule has 0 bridgehead atoms. The number of nitrogens with one attached hydrogen (secondary N) is 1. The predicted molar refractivity (Wildman–Crippen MR) is 69.0 cm³/mol. The number of hydrogen-bond acceptors (Lipinski definition) is 9. The van der Waals surface area contributed by atoms with Crippen LogP contribution >= 0.6 is 0 Å². The first-order valence-electron chi connectivity index (χ1n) is 5.72. The van der Waals surface area contributed by atoms with E-state index in [1.807, 2.05) is 0 Å². The van der Waals surface area contributed by atoms with Gasteiger partial charge in [-0.25, -0.2) is 0 Å². The number of ether oxygens (including phenoxy) is 1. The monoisotopic (exact) mass is 347 g/mol. The fourth-order valence-electron chi connectivity index (χ4n) is 1.80. The molecule has 0 radical (unpaired) electrons. The molecule has 0 spiro atoms. The van der Waals surface area contributed by atoms with E-state index in [9.17, 15) is 26.7 Å². The van der Waals surface area contributed by atoms with Crippen molar-refractivity contribution in [3.05, 3.63) is 0 Å². The highest BCUT2D eigenvalue weighted by Gasteiger charge is 2.45. The summed E-state index contributed by atoms with van der Waals surface area (Å²) in [6.07, 6.45) is -3.35. The molecule has 0 aromatic carbocycles. The number of hydrogen-bond donors (Lipinski definition) is 2. The Morgan fingerprint density at radius 2 is 1.62 bits per heavy atom. The van der Waals surface area contributed by atoms with E-state index in [1.165, 1.54) is 6.92 Å². The molecule has 4 atom stereocenters. The van der Waals surface area contributed by atoms with Crippen LogP contribution in [-0.2, 0) is 38.1 Å². The van der Waals surface area contributed by atoms with E-state index in [-0.39, 0.29) is 6.61 Å². The maximum Gasteiger partial charge on any atom is 0.264 e. The minimum atomic E-state index is -4.02. The lowest BCUT2D eigenvalue weighted by atomic mass is 10.0. The second-order valence-corrected chi connectivity index (χ2v) is 7.76. The van der Waals surface area contributed by atoms with E-state index in [2.05, 4.69) is 9.50 Å². The average Bonchev–Trinajstić information content (AvgIpc) is 2.23. The van der Waals surface area contributed by atoms with E-state index < -0.39 is 50.7 Å². The Morgan fingerprint density at radius 3 is 2.05 bits per heavy atom. The Kier molecular flexibility index (Phi) is 5.69. The first kappa shape index (κ1) is 18.3. The lowest BCUT2D eigenvalue weighted by Gasteiger charge is -2.38. The van der Waals surface area contributed by atoms with Crippen molar-refractivity contribution in [1.29, 1.82) is 0 Å². The van der Waals surface area contributed by atoms with Crippen molar-refractivity contribution in [2.24, 2.45) is 0 Å². The van der Waals surface area contributed by atoms with Gasteiger partial charge >= 0.3 is 0 Å². The summed E-state index contributed by atoms with van der Waals surface area (Å²) in [6, 6.07) is -1.01. The lowest BCUT2D eigenvalue weighted by molar-refractivity contribution is -0.214. The molecule has 2 N–H and O–H groups in total. The van der Waals surface area contributed by atoms with Crippen molar-refractivity contribution < 1.29 is 39.8 Å². The molecule has 1 rings (SSSR count). The molecule has 12 heteroatoms. The summed E-state index contributed by atoms with van der Waals surface area (Å²) in [6.45, 7) is 0.902. The summed E-state index contributed by atoms with van der Waals surface area (Å²) in [5, 5.41) is 12.0. The van der Waals surface area contributed by atoms with Crippen LogP contribution in [-0.4, -0.2) is 71.5 Å². The smallest absolute Gasteiger partial charge is 0.264 e. The number of carbonyl (C=O) groups excluding carboxylic acids is 1. The molecule has 1 saturated heterocycles. The van der Waals surface area contributed by atoms with E-state index in [4.69, 9.17) is 8.92 Å². The van der Waals surface area contributed by atoms with Gasteiger partial charge in [0.25, 0.3) is 20.2 Å². The van der Waals surface area contributed by atoms with Crippen LogP contribution in [0, 0.1) is 0 Å². The molecule has 0 aliphatic carbocycles. The number of aliphatic hydroxyl groups is 1. The van der Waals surface area contributed by atoms with Gasteiger partial charge in [0.15, 0.2) is 12.4 Å². The van der Waals surface area contributed by atoms with Gasteiger partial charge in [0, 0.05) is 6.92 Å². The van der Waals surface area contributed by atoms with Gasteiger partial charge in [-0.2, -0.15) is 16.8 Å². The van der Waals surface area contributed by atoms with E-state index in [0.717, 1.165) is 12.5 Å². The van der Waals surface area contributed by atoms with Gasteiger partial charge in [-0.1, -0.05) is 0 Å². The van der Waals surface area contributed by atoms with Crippen molar-refractivity contribution in [3.8, 4) is 0 Å². The molecule has 1 heterocycles. The van der Waals surface area contributed by atoms with Crippen molar-refractivity contribution in [3.63, 3.8) is 0 Å². The van der Waals surface area contributed by atoms with Crippen LogP contribution in [0.2, 0.25) is 0 Å². The molecular formula is C9H17NO9S2.